The fourth-order valence-corrected chi connectivity index (χ4v) is 2.81. The van der Waals surface area contributed by atoms with Crippen LogP contribution in [0.25, 0.3) is 10.8 Å². The number of benzene rings is 2. The molecule has 1 heterocycles. The highest BCUT2D eigenvalue weighted by molar-refractivity contribution is 5.97. The maximum atomic E-state index is 12.8. The first kappa shape index (κ1) is 16.1. The van der Waals surface area contributed by atoms with Crippen LogP contribution in [0.4, 0.5) is 5.69 Å². The third-order valence-electron chi connectivity index (χ3n) is 4.11. The third kappa shape index (κ3) is 3.78. The summed E-state index contributed by atoms with van der Waals surface area (Å²) in [5.74, 6) is -0.156. The molecule has 4 heteroatoms. The molecule has 0 aliphatic carbocycles. The first-order valence-corrected chi connectivity index (χ1v) is 8.12. The lowest BCUT2D eigenvalue weighted by Gasteiger charge is -2.17. The van der Waals surface area contributed by atoms with Crippen molar-refractivity contribution in [3.8, 4) is 0 Å². The number of carbonyl (C=O) groups is 1. The number of aromatic nitrogens is 1. The van der Waals surface area contributed by atoms with Crippen LogP contribution in [0.2, 0.25) is 0 Å². The molecule has 1 amide bonds. The van der Waals surface area contributed by atoms with Gasteiger partial charge in [-0.2, -0.15) is 0 Å². The van der Waals surface area contributed by atoms with Gasteiger partial charge in [0.15, 0.2) is 0 Å². The Morgan fingerprint density at radius 3 is 2.71 bits per heavy atom. The highest BCUT2D eigenvalue weighted by atomic mass is 16.1. The number of nitrogens with zero attached hydrogens (tertiary/aromatic N) is 1. The molecular formula is C20H21N3O. The number of hydrogen-bond donors (Lipinski definition) is 2. The van der Waals surface area contributed by atoms with Crippen LogP contribution in [0.5, 0.6) is 0 Å². The predicted molar refractivity (Wildman–Crippen MR) is 98.1 cm³/mol. The van der Waals surface area contributed by atoms with Crippen LogP contribution in [0.1, 0.15) is 17.9 Å². The molecule has 0 aliphatic heterocycles. The van der Waals surface area contributed by atoms with Gasteiger partial charge in [-0.15, -0.1) is 0 Å². The largest absolute Gasteiger partial charge is 0.326 e. The zero-order valence-corrected chi connectivity index (χ0v) is 13.7. The average Bonchev–Trinajstić information content (AvgIpc) is 2.63. The van der Waals surface area contributed by atoms with E-state index in [4.69, 9.17) is 0 Å². The van der Waals surface area contributed by atoms with Crippen molar-refractivity contribution >= 4 is 22.4 Å². The van der Waals surface area contributed by atoms with E-state index in [1.54, 1.807) is 6.20 Å². The van der Waals surface area contributed by atoms with E-state index in [0.717, 1.165) is 35.0 Å². The summed E-state index contributed by atoms with van der Waals surface area (Å²) < 4.78 is 0. The summed E-state index contributed by atoms with van der Waals surface area (Å²) >= 11 is 0. The lowest BCUT2D eigenvalue weighted by Crippen LogP contribution is -2.24. The fourth-order valence-electron chi connectivity index (χ4n) is 2.81. The number of nitrogens with one attached hydrogen (secondary N) is 2. The first-order valence-electron chi connectivity index (χ1n) is 8.12. The minimum Gasteiger partial charge on any atom is -0.326 e. The van der Waals surface area contributed by atoms with Gasteiger partial charge in [-0.05, 0) is 49.2 Å². The van der Waals surface area contributed by atoms with Crippen LogP contribution in [-0.4, -0.2) is 24.5 Å². The summed E-state index contributed by atoms with van der Waals surface area (Å²) in [6.45, 7) is 0.788. The van der Waals surface area contributed by atoms with Gasteiger partial charge >= 0.3 is 0 Å². The molecule has 3 aromatic rings. The minimum atomic E-state index is -0.174. The van der Waals surface area contributed by atoms with Crippen molar-refractivity contribution in [2.24, 2.45) is 0 Å². The molecule has 0 radical (unpaired) electrons. The molecule has 0 saturated heterocycles. The molecule has 0 bridgehead atoms. The Kier molecular flexibility index (Phi) is 5.18. The Hall–Kier alpha value is -2.72. The van der Waals surface area contributed by atoms with Crippen LogP contribution in [0.15, 0.2) is 67.0 Å². The van der Waals surface area contributed by atoms with Gasteiger partial charge in [-0.1, -0.05) is 36.4 Å². The van der Waals surface area contributed by atoms with Crippen molar-refractivity contribution in [1.82, 2.24) is 10.3 Å². The average molecular weight is 319 g/mol. The van der Waals surface area contributed by atoms with Crippen molar-refractivity contribution in [2.75, 3.05) is 18.9 Å². The van der Waals surface area contributed by atoms with Gasteiger partial charge in [0.2, 0.25) is 5.91 Å². The molecule has 0 unspecified atom stereocenters. The van der Waals surface area contributed by atoms with Crippen molar-refractivity contribution < 1.29 is 4.79 Å². The number of amides is 1. The minimum absolute atomic E-state index is 0.0184. The van der Waals surface area contributed by atoms with E-state index >= 15 is 0 Å². The van der Waals surface area contributed by atoms with Crippen molar-refractivity contribution in [3.63, 3.8) is 0 Å². The van der Waals surface area contributed by atoms with Gasteiger partial charge in [0, 0.05) is 23.5 Å². The molecule has 3 rings (SSSR count). The van der Waals surface area contributed by atoms with E-state index in [2.05, 4.69) is 15.6 Å². The Balaban J connectivity index is 1.81. The lowest BCUT2D eigenvalue weighted by molar-refractivity contribution is -0.117. The number of anilines is 1. The molecule has 1 aromatic heterocycles. The van der Waals surface area contributed by atoms with Crippen LogP contribution in [-0.2, 0) is 4.79 Å². The summed E-state index contributed by atoms with van der Waals surface area (Å²) in [5.41, 5.74) is 1.85. The quantitative estimate of drug-likeness (QED) is 0.730. The van der Waals surface area contributed by atoms with E-state index in [0.29, 0.717) is 0 Å². The Morgan fingerprint density at radius 1 is 1.08 bits per heavy atom. The highest BCUT2D eigenvalue weighted by Crippen LogP contribution is 2.23. The second-order valence-electron chi connectivity index (χ2n) is 5.78. The van der Waals surface area contributed by atoms with E-state index in [-0.39, 0.29) is 11.8 Å². The van der Waals surface area contributed by atoms with Crippen LogP contribution < -0.4 is 10.6 Å². The van der Waals surface area contributed by atoms with E-state index < -0.39 is 0 Å². The molecule has 1 atom stereocenters. The van der Waals surface area contributed by atoms with Gasteiger partial charge < -0.3 is 10.6 Å². The molecule has 2 aromatic carbocycles. The Labute approximate surface area is 141 Å². The Morgan fingerprint density at radius 2 is 1.92 bits per heavy atom. The van der Waals surface area contributed by atoms with Crippen LogP contribution in [0.3, 0.4) is 0 Å². The first-order chi connectivity index (χ1) is 11.8. The zero-order chi connectivity index (χ0) is 16.8. The van der Waals surface area contributed by atoms with E-state index in [1.165, 1.54) is 0 Å². The zero-order valence-electron chi connectivity index (χ0n) is 13.7. The maximum absolute atomic E-state index is 12.8. The van der Waals surface area contributed by atoms with Crippen molar-refractivity contribution in [3.05, 3.63) is 72.6 Å². The number of hydrogen-bond acceptors (Lipinski definition) is 3. The van der Waals surface area contributed by atoms with Gasteiger partial charge in [-0.25, -0.2) is 0 Å². The molecule has 122 valence electrons. The number of rotatable bonds is 6. The second kappa shape index (κ2) is 7.70. The van der Waals surface area contributed by atoms with Gasteiger partial charge in [0.05, 0.1) is 5.92 Å². The maximum Gasteiger partial charge on any atom is 0.231 e. The molecule has 2 N–H and O–H groups in total. The molecule has 4 nitrogen and oxygen atoms in total. The molecule has 0 fully saturated rings. The Bertz CT molecular complexity index is 817. The van der Waals surface area contributed by atoms with E-state index in [9.17, 15) is 4.79 Å². The molecular weight excluding hydrogens is 298 g/mol. The summed E-state index contributed by atoms with van der Waals surface area (Å²) in [7, 11) is 1.90. The number of pyridine rings is 1. The number of carbonyl (C=O) groups excluding carboxylic acids is 1. The summed E-state index contributed by atoms with van der Waals surface area (Å²) in [4.78, 5) is 16.9. The molecule has 0 aliphatic rings. The molecule has 0 saturated carbocycles. The lowest BCUT2D eigenvalue weighted by atomic mass is 9.94. The van der Waals surface area contributed by atoms with Crippen molar-refractivity contribution in [1.29, 1.82) is 0 Å². The third-order valence-corrected chi connectivity index (χ3v) is 4.11. The molecule has 24 heavy (non-hydrogen) atoms. The van der Waals surface area contributed by atoms with E-state index in [1.807, 2.05) is 67.8 Å². The normalized spacial score (nSPS) is 12.0. The topological polar surface area (TPSA) is 54.0 Å². The molecule has 0 spiro atoms. The smallest absolute Gasteiger partial charge is 0.231 e. The van der Waals surface area contributed by atoms with Gasteiger partial charge in [-0.3, -0.25) is 9.78 Å². The van der Waals surface area contributed by atoms with Gasteiger partial charge in [0.25, 0.3) is 0 Å². The van der Waals surface area contributed by atoms with Crippen LogP contribution >= 0.6 is 0 Å². The van der Waals surface area contributed by atoms with Crippen LogP contribution in [0, 0.1) is 0 Å². The predicted octanol–water partition coefficient (Wildman–Crippen LogP) is 3.57. The second-order valence-corrected chi connectivity index (χ2v) is 5.78. The summed E-state index contributed by atoms with van der Waals surface area (Å²) in [6.07, 6.45) is 4.33. The SMILES string of the molecule is CNCC[C@H](C(=O)Nc1ccc2cnccc2c1)c1ccccc1. The highest BCUT2D eigenvalue weighted by Gasteiger charge is 2.20. The number of fused-ring (bicyclic) bond motifs is 1. The van der Waals surface area contributed by atoms with Gasteiger partial charge in [0.1, 0.15) is 0 Å². The fraction of sp³-hybridized carbons (Fsp3) is 0.200. The monoisotopic (exact) mass is 319 g/mol. The van der Waals surface area contributed by atoms with Crippen molar-refractivity contribution in [2.45, 2.75) is 12.3 Å². The standard InChI is InChI=1S/C20H21N3O/c1-21-11-10-19(15-5-3-2-4-6-15)20(24)23-18-8-7-17-14-22-12-9-16(17)13-18/h2-9,12-14,19,21H,10-11H2,1H3,(H,23,24)/t19-/m0/s1. The summed E-state index contributed by atoms with van der Waals surface area (Å²) in [6, 6.07) is 17.7. The summed E-state index contributed by atoms with van der Waals surface area (Å²) in [5, 5.41) is 8.30.